The Kier molecular flexibility index (Phi) is 5.98. The first kappa shape index (κ1) is 15.8. The number of anilines is 3. The second-order valence-corrected chi connectivity index (χ2v) is 5.40. The van der Waals surface area contributed by atoms with Gasteiger partial charge in [-0.1, -0.05) is 6.92 Å². The van der Waals surface area contributed by atoms with Crippen molar-refractivity contribution in [3.05, 3.63) is 0 Å². The van der Waals surface area contributed by atoms with Crippen LogP contribution in [-0.4, -0.2) is 54.3 Å². The van der Waals surface area contributed by atoms with Crippen molar-refractivity contribution in [2.75, 3.05) is 48.9 Å². The third-order valence-electron chi connectivity index (χ3n) is 3.34. The van der Waals surface area contributed by atoms with Gasteiger partial charge in [-0.3, -0.25) is 0 Å². The molecule has 1 aromatic rings. The summed E-state index contributed by atoms with van der Waals surface area (Å²) in [6, 6.07) is 0.155. The van der Waals surface area contributed by atoms with E-state index in [-0.39, 0.29) is 6.04 Å². The zero-order chi connectivity index (χ0) is 15.1. The van der Waals surface area contributed by atoms with Crippen LogP contribution in [-0.2, 0) is 4.74 Å². The Morgan fingerprint density at radius 1 is 1.19 bits per heavy atom. The lowest BCUT2D eigenvalue weighted by molar-refractivity contribution is 0.190. The van der Waals surface area contributed by atoms with Gasteiger partial charge >= 0.3 is 0 Å². The van der Waals surface area contributed by atoms with Gasteiger partial charge in [-0.05, 0) is 26.2 Å². The van der Waals surface area contributed by atoms with Crippen LogP contribution in [0.4, 0.5) is 17.8 Å². The molecule has 1 unspecified atom stereocenters. The van der Waals surface area contributed by atoms with E-state index in [4.69, 9.17) is 4.74 Å². The molecule has 0 saturated carbocycles. The van der Waals surface area contributed by atoms with Gasteiger partial charge < -0.3 is 20.3 Å². The first-order chi connectivity index (χ1) is 10.2. The molecule has 1 saturated heterocycles. The first-order valence-corrected chi connectivity index (χ1v) is 7.73. The highest BCUT2D eigenvalue weighted by Crippen LogP contribution is 2.19. The Hall–Kier alpha value is -1.63. The van der Waals surface area contributed by atoms with Crippen molar-refractivity contribution in [3.8, 4) is 0 Å². The quantitative estimate of drug-likeness (QED) is 0.756. The van der Waals surface area contributed by atoms with Crippen molar-refractivity contribution in [2.24, 2.45) is 0 Å². The van der Waals surface area contributed by atoms with E-state index < -0.39 is 0 Å². The molecule has 0 bridgehead atoms. The highest BCUT2D eigenvalue weighted by molar-refractivity contribution is 5.44. The van der Waals surface area contributed by atoms with Gasteiger partial charge in [0, 0.05) is 32.8 Å². The molecule has 0 amide bonds. The highest BCUT2D eigenvalue weighted by Gasteiger charge is 2.17. The van der Waals surface area contributed by atoms with Gasteiger partial charge in [0.05, 0.1) is 6.61 Å². The summed E-state index contributed by atoms with van der Waals surface area (Å²) >= 11 is 0. The molecule has 2 heterocycles. The number of hydrogen-bond donors (Lipinski definition) is 2. The summed E-state index contributed by atoms with van der Waals surface area (Å²) in [5.41, 5.74) is 0. The Balaban J connectivity index is 2.14. The molecule has 7 nitrogen and oxygen atoms in total. The lowest BCUT2D eigenvalue weighted by Crippen LogP contribution is -2.26. The van der Waals surface area contributed by atoms with Crippen LogP contribution < -0.4 is 15.5 Å². The third-order valence-corrected chi connectivity index (χ3v) is 3.34. The van der Waals surface area contributed by atoms with Gasteiger partial charge in [0.1, 0.15) is 0 Å². The van der Waals surface area contributed by atoms with Crippen molar-refractivity contribution in [1.29, 1.82) is 0 Å². The minimum absolute atomic E-state index is 0.155. The van der Waals surface area contributed by atoms with E-state index in [9.17, 15) is 0 Å². The number of nitrogens with one attached hydrogen (secondary N) is 2. The number of methoxy groups -OCH3 is 1. The third kappa shape index (κ3) is 4.70. The Morgan fingerprint density at radius 2 is 1.90 bits per heavy atom. The van der Waals surface area contributed by atoms with Crippen LogP contribution in [0, 0.1) is 0 Å². The minimum Gasteiger partial charge on any atom is -0.383 e. The summed E-state index contributed by atoms with van der Waals surface area (Å²) in [5, 5.41) is 6.51. The zero-order valence-corrected chi connectivity index (χ0v) is 13.2. The molecule has 0 spiro atoms. The van der Waals surface area contributed by atoms with Crippen LogP contribution in [0.2, 0.25) is 0 Å². The maximum Gasteiger partial charge on any atom is 0.231 e. The molecule has 118 valence electrons. The summed E-state index contributed by atoms with van der Waals surface area (Å²) in [7, 11) is 1.69. The first-order valence-electron chi connectivity index (χ1n) is 7.73. The van der Waals surface area contributed by atoms with Crippen molar-refractivity contribution in [2.45, 2.75) is 39.2 Å². The monoisotopic (exact) mass is 294 g/mol. The topological polar surface area (TPSA) is 75.2 Å². The molecule has 1 aromatic heterocycles. The molecule has 2 rings (SSSR count). The van der Waals surface area contributed by atoms with Gasteiger partial charge in [-0.2, -0.15) is 15.0 Å². The second-order valence-electron chi connectivity index (χ2n) is 5.40. The maximum absolute atomic E-state index is 5.14. The second kappa shape index (κ2) is 7.97. The Morgan fingerprint density at radius 3 is 2.57 bits per heavy atom. The normalized spacial score (nSPS) is 16.0. The van der Waals surface area contributed by atoms with Gasteiger partial charge in [-0.25, -0.2) is 0 Å². The summed E-state index contributed by atoms with van der Waals surface area (Å²) in [6.07, 6.45) is 3.44. The predicted molar refractivity (Wildman–Crippen MR) is 85.0 cm³/mol. The van der Waals surface area contributed by atoms with E-state index >= 15 is 0 Å². The van der Waals surface area contributed by atoms with E-state index in [0.717, 1.165) is 32.0 Å². The van der Waals surface area contributed by atoms with Crippen molar-refractivity contribution < 1.29 is 4.74 Å². The number of hydrogen-bond acceptors (Lipinski definition) is 7. The van der Waals surface area contributed by atoms with Gasteiger partial charge in [0.25, 0.3) is 0 Å². The molecule has 0 radical (unpaired) electrons. The van der Waals surface area contributed by atoms with Crippen molar-refractivity contribution in [3.63, 3.8) is 0 Å². The lowest BCUT2D eigenvalue weighted by Gasteiger charge is -2.18. The van der Waals surface area contributed by atoms with Gasteiger partial charge in [-0.15, -0.1) is 0 Å². The number of ether oxygens (including phenoxy) is 1. The molecule has 2 N–H and O–H groups in total. The summed E-state index contributed by atoms with van der Waals surface area (Å²) in [6.45, 7) is 7.67. The van der Waals surface area contributed by atoms with E-state index in [1.54, 1.807) is 7.11 Å². The van der Waals surface area contributed by atoms with Crippen LogP contribution in [0.3, 0.4) is 0 Å². The van der Waals surface area contributed by atoms with E-state index in [1.165, 1.54) is 12.8 Å². The van der Waals surface area contributed by atoms with Crippen LogP contribution in [0.1, 0.15) is 33.1 Å². The molecular weight excluding hydrogens is 268 g/mol. The van der Waals surface area contributed by atoms with Crippen LogP contribution in [0.25, 0.3) is 0 Å². The molecule has 1 aliphatic rings. The van der Waals surface area contributed by atoms with E-state index in [0.29, 0.717) is 18.5 Å². The zero-order valence-electron chi connectivity index (χ0n) is 13.2. The average Bonchev–Trinajstić information content (AvgIpc) is 2.99. The number of rotatable bonds is 8. The van der Waals surface area contributed by atoms with Crippen LogP contribution in [0.15, 0.2) is 0 Å². The van der Waals surface area contributed by atoms with Crippen molar-refractivity contribution in [1.82, 2.24) is 15.0 Å². The SMILES string of the molecule is CCCNc1nc(NC(C)COC)nc(N2CCCC2)n1. The van der Waals surface area contributed by atoms with Crippen LogP contribution in [0.5, 0.6) is 0 Å². The summed E-state index contributed by atoms with van der Waals surface area (Å²) in [5.74, 6) is 2.00. The molecule has 7 heteroatoms. The fraction of sp³-hybridized carbons (Fsp3) is 0.786. The average molecular weight is 294 g/mol. The molecule has 1 atom stereocenters. The van der Waals surface area contributed by atoms with E-state index in [2.05, 4.69) is 37.4 Å². The molecular formula is C14H26N6O. The maximum atomic E-state index is 5.14. The standard InChI is InChI=1S/C14H26N6O/c1-4-7-15-12-17-13(16-11(2)10-21-3)19-14(18-12)20-8-5-6-9-20/h11H,4-10H2,1-3H3,(H2,15,16,17,18,19). The van der Waals surface area contributed by atoms with Crippen molar-refractivity contribution >= 4 is 17.8 Å². The smallest absolute Gasteiger partial charge is 0.231 e. The largest absolute Gasteiger partial charge is 0.383 e. The predicted octanol–water partition coefficient (Wildman–Crippen LogP) is 1.74. The lowest BCUT2D eigenvalue weighted by atomic mass is 10.4. The number of aromatic nitrogens is 3. The molecule has 0 aliphatic carbocycles. The Labute approximate surface area is 126 Å². The number of nitrogens with zero attached hydrogens (tertiary/aromatic N) is 4. The molecule has 21 heavy (non-hydrogen) atoms. The van der Waals surface area contributed by atoms with Gasteiger partial charge in [0.15, 0.2) is 0 Å². The Bertz CT molecular complexity index is 435. The molecule has 0 aromatic carbocycles. The fourth-order valence-corrected chi connectivity index (χ4v) is 2.32. The van der Waals surface area contributed by atoms with Crippen LogP contribution >= 0.6 is 0 Å². The fourth-order valence-electron chi connectivity index (χ4n) is 2.32. The minimum atomic E-state index is 0.155. The molecule has 1 fully saturated rings. The highest BCUT2D eigenvalue weighted by atomic mass is 16.5. The van der Waals surface area contributed by atoms with E-state index in [1.807, 2.05) is 6.92 Å². The molecule has 1 aliphatic heterocycles. The summed E-state index contributed by atoms with van der Waals surface area (Å²) < 4.78 is 5.14. The summed E-state index contributed by atoms with van der Waals surface area (Å²) in [4.78, 5) is 15.7. The van der Waals surface area contributed by atoms with Gasteiger partial charge in [0.2, 0.25) is 17.8 Å².